The molecule has 0 atom stereocenters. The Hall–Kier alpha value is -2.67. The summed E-state index contributed by atoms with van der Waals surface area (Å²) in [6.07, 6.45) is 2.63. The number of morpholine rings is 1. The van der Waals surface area contributed by atoms with Gasteiger partial charge in [-0.1, -0.05) is 12.1 Å². The molecule has 2 N–H and O–H groups in total. The van der Waals surface area contributed by atoms with Crippen molar-refractivity contribution in [2.45, 2.75) is 19.9 Å². The van der Waals surface area contributed by atoms with Gasteiger partial charge >= 0.3 is 0 Å². The zero-order valence-corrected chi connectivity index (χ0v) is 16.5. The molecule has 28 heavy (non-hydrogen) atoms. The third-order valence-electron chi connectivity index (χ3n) is 4.84. The number of pyridine rings is 1. The lowest BCUT2D eigenvalue weighted by atomic mass is 10.1. The van der Waals surface area contributed by atoms with Crippen LogP contribution in [0.15, 0.2) is 41.5 Å². The Morgan fingerprint density at radius 1 is 1.21 bits per heavy atom. The van der Waals surface area contributed by atoms with Crippen LogP contribution in [-0.2, 0) is 17.7 Å². The van der Waals surface area contributed by atoms with E-state index in [1.807, 2.05) is 25.3 Å². The van der Waals surface area contributed by atoms with Gasteiger partial charge in [-0.05, 0) is 42.7 Å². The number of aryl methyl sites for hydroxylation is 1. The van der Waals surface area contributed by atoms with Crippen LogP contribution in [0.2, 0.25) is 0 Å². The molecular formula is C21H28FN5O. The van der Waals surface area contributed by atoms with Crippen LogP contribution < -0.4 is 15.5 Å². The highest BCUT2D eigenvalue weighted by Crippen LogP contribution is 2.18. The van der Waals surface area contributed by atoms with Gasteiger partial charge in [0.1, 0.15) is 11.6 Å². The van der Waals surface area contributed by atoms with Gasteiger partial charge in [-0.3, -0.25) is 4.99 Å². The molecule has 0 amide bonds. The van der Waals surface area contributed by atoms with Crippen LogP contribution in [0.1, 0.15) is 16.7 Å². The molecule has 0 bridgehead atoms. The van der Waals surface area contributed by atoms with Crippen molar-refractivity contribution in [3.8, 4) is 0 Å². The third-order valence-corrected chi connectivity index (χ3v) is 4.84. The second kappa shape index (κ2) is 10.0. The summed E-state index contributed by atoms with van der Waals surface area (Å²) in [5.41, 5.74) is 3.23. The summed E-state index contributed by atoms with van der Waals surface area (Å²) >= 11 is 0. The summed E-state index contributed by atoms with van der Waals surface area (Å²) in [5.74, 6) is 1.53. The number of nitrogens with zero attached hydrogens (tertiary/aromatic N) is 3. The van der Waals surface area contributed by atoms with Gasteiger partial charge < -0.3 is 20.3 Å². The van der Waals surface area contributed by atoms with Crippen LogP contribution in [0, 0.1) is 12.7 Å². The Labute approximate surface area is 165 Å². The minimum atomic E-state index is -0.195. The molecule has 1 aliphatic heterocycles. The summed E-state index contributed by atoms with van der Waals surface area (Å²) in [7, 11) is 1.75. The molecule has 2 heterocycles. The van der Waals surface area contributed by atoms with Crippen molar-refractivity contribution in [1.29, 1.82) is 0 Å². The van der Waals surface area contributed by atoms with Crippen molar-refractivity contribution in [3.05, 3.63) is 59.0 Å². The predicted octanol–water partition coefficient (Wildman–Crippen LogP) is 2.27. The molecule has 0 spiro atoms. The first-order valence-electron chi connectivity index (χ1n) is 9.63. The highest BCUT2D eigenvalue weighted by molar-refractivity contribution is 5.79. The average Bonchev–Trinajstić information content (AvgIpc) is 2.73. The number of guanidine groups is 1. The topological polar surface area (TPSA) is 61.8 Å². The van der Waals surface area contributed by atoms with E-state index in [0.29, 0.717) is 6.54 Å². The van der Waals surface area contributed by atoms with Crippen molar-refractivity contribution in [2.24, 2.45) is 4.99 Å². The first-order valence-corrected chi connectivity index (χ1v) is 9.63. The van der Waals surface area contributed by atoms with Crippen molar-refractivity contribution in [1.82, 2.24) is 15.6 Å². The number of anilines is 1. The number of aromatic nitrogens is 1. The van der Waals surface area contributed by atoms with E-state index in [-0.39, 0.29) is 5.82 Å². The van der Waals surface area contributed by atoms with Gasteiger partial charge in [0, 0.05) is 45.0 Å². The number of ether oxygens (including phenoxy) is 1. The van der Waals surface area contributed by atoms with Gasteiger partial charge in [-0.25, -0.2) is 9.37 Å². The van der Waals surface area contributed by atoms with Gasteiger partial charge in [0.05, 0.1) is 13.2 Å². The van der Waals surface area contributed by atoms with E-state index < -0.39 is 0 Å². The first-order chi connectivity index (χ1) is 13.7. The average molecular weight is 385 g/mol. The Morgan fingerprint density at radius 3 is 2.79 bits per heavy atom. The fourth-order valence-corrected chi connectivity index (χ4v) is 3.28. The van der Waals surface area contributed by atoms with Crippen LogP contribution in [0.3, 0.4) is 0 Å². The standard InChI is InChI=1S/C21H28FN5O/c1-16-14-19(22)6-5-17(16)7-9-25-21(23-2)26-15-18-4-3-8-24-20(18)27-10-12-28-13-11-27/h3-6,8,14H,7,9-13,15H2,1-2H3,(H2,23,25,26). The molecule has 0 radical (unpaired) electrons. The lowest BCUT2D eigenvalue weighted by Gasteiger charge is -2.29. The number of nitrogens with one attached hydrogen (secondary N) is 2. The van der Waals surface area contributed by atoms with E-state index in [2.05, 4.69) is 31.6 Å². The second-order valence-electron chi connectivity index (χ2n) is 6.76. The summed E-state index contributed by atoms with van der Waals surface area (Å²) < 4.78 is 18.7. The number of hydrogen-bond donors (Lipinski definition) is 2. The highest BCUT2D eigenvalue weighted by Gasteiger charge is 2.15. The molecule has 6 nitrogen and oxygen atoms in total. The molecule has 1 aromatic heterocycles. The quantitative estimate of drug-likeness (QED) is 0.590. The molecule has 150 valence electrons. The number of benzene rings is 1. The first kappa shape index (κ1) is 20.1. The fraction of sp³-hybridized carbons (Fsp3) is 0.429. The zero-order chi connectivity index (χ0) is 19.8. The molecule has 1 saturated heterocycles. The van der Waals surface area contributed by atoms with E-state index in [1.165, 1.54) is 6.07 Å². The molecule has 0 aliphatic carbocycles. The fourth-order valence-electron chi connectivity index (χ4n) is 3.28. The van der Waals surface area contributed by atoms with Crippen LogP contribution in [0.25, 0.3) is 0 Å². The summed E-state index contributed by atoms with van der Waals surface area (Å²) in [5, 5.41) is 6.68. The van der Waals surface area contributed by atoms with Crippen molar-refractivity contribution < 1.29 is 9.13 Å². The van der Waals surface area contributed by atoms with Gasteiger partial charge in [0.2, 0.25) is 0 Å². The molecule has 0 unspecified atom stereocenters. The molecule has 1 aromatic carbocycles. The maximum Gasteiger partial charge on any atom is 0.191 e. The van der Waals surface area contributed by atoms with Gasteiger partial charge in [-0.2, -0.15) is 0 Å². The monoisotopic (exact) mass is 385 g/mol. The maximum absolute atomic E-state index is 13.2. The second-order valence-corrected chi connectivity index (χ2v) is 6.76. The zero-order valence-electron chi connectivity index (χ0n) is 16.5. The minimum absolute atomic E-state index is 0.195. The summed E-state index contributed by atoms with van der Waals surface area (Å²) in [4.78, 5) is 11.1. The van der Waals surface area contributed by atoms with Crippen LogP contribution in [0.5, 0.6) is 0 Å². The van der Waals surface area contributed by atoms with E-state index in [9.17, 15) is 4.39 Å². The van der Waals surface area contributed by atoms with E-state index in [4.69, 9.17) is 4.74 Å². The van der Waals surface area contributed by atoms with Gasteiger partial charge in [0.25, 0.3) is 0 Å². The van der Waals surface area contributed by atoms with E-state index in [0.717, 1.165) is 67.7 Å². The third kappa shape index (κ3) is 5.42. The van der Waals surface area contributed by atoms with Crippen LogP contribution in [0.4, 0.5) is 10.2 Å². The summed E-state index contributed by atoms with van der Waals surface area (Å²) in [6.45, 7) is 6.46. The Balaban J connectivity index is 1.53. The van der Waals surface area contributed by atoms with Crippen LogP contribution >= 0.6 is 0 Å². The maximum atomic E-state index is 13.2. The Kier molecular flexibility index (Phi) is 7.19. The molecular weight excluding hydrogens is 357 g/mol. The van der Waals surface area contributed by atoms with Crippen molar-refractivity contribution in [2.75, 3.05) is 44.8 Å². The minimum Gasteiger partial charge on any atom is -0.378 e. The number of rotatable bonds is 6. The van der Waals surface area contributed by atoms with Gasteiger partial charge in [-0.15, -0.1) is 0 Å². The predicted molar refractivity (Wildman–Crippen MR) is 110 cm³/mol. The molecule has 1 aliphatic rings. The highest BCUT2D eigenvalue weighted by atomic mass is 19.1. The molecule has 1 fully saturated rings. The molecule has 2 aromatic rings. The lowest BCUT2D eigenvalue weighted by molar-refractivity contribution is 0.122. The van der Waals surface area contributed by atoms with Crippen molar-refractivity contribution in [3.63, 3.8) is 0 Å². The number of hydrogen-bond acceptors (Lipinski definition) is 4. The Bertz CT molecular complexity index is 805. The number of halogens is 1. The largest absolute Gasteiger partial charge is 0.378 e. The lowest BCUT2D eigenvalue weighted by Crippen LogP contribution is -2.40. The molecule has 3 rings (SSSR count). The Morgan fingerprint density at radius 2 is 2.04 bits per heavy atom. The SMILES string of the molecule is CN=C(NCCc1ccc(F)cc1C)NCc1cccnc1N1CCOCC1. The van der Waals surface area contributed by atoms with Gasteiger partial charge in [0.15, 0.2) is 5.96 Å². The van der Waals surface area contributed by atoms with Crippen molar-refractivity contribution >= 4 is 11.8 Å². The normalized spacial score (nSPS) is 14.8. The van der Waals surface area contributed by atoms with E-state index >= 15 is 0 Å². The summed E-state index contributed by atoms with van der Waals surface area (Å²) in [6, 6.07) is 8.95. The van der Waals surface area contributed by atoms with E-state index in [1.54, 1.807) is 13.1 Å². The molecule has 7 heteroatoms. The van der Waals surface area contributed by atoms with Crippen LogP contribution in [-0.4, -0.2) is 50.8 Å². The molecule has 0 saturated carbocycles. The smallest absolute Gasteiger partial charge is 0.191 e. The number of aliphatic imine (C=N–C) groups is 1.